The molecular weight excluding hydrogens is 432 g/mol. The standard InChI is InChI=1S/C16H23FN2O3S.C2HF3O2/c1-18-9-13(10-22-2)16(11-18)6-7-19(12-16)23(20,21)15-5-3-4-14(17)8-15;3-2(4,5)1(6)7/h3-5,8,13H,6-7,9-12H2,1-2H3;(H,6,7)/t13-,16-;/m1./s1. The minimum absolute atomic E-state index is 0.0317. The number of hydrogen-bond acceptors (Lipinski definition) is 5. The molecule has 1 spiro atoms. The second kappa shape index (κ2) is 9.16. The summed E-state index contributed by atoms with van der Waals surface area (Å²) in [6.07, 6.45) is -4.26. The molecule has 2 aliphatic heterocycles. The van der Waals surface area contributed by atoms with E-state index in [-0.39, 0.29) is 10.3 Å². The highest BCUT2D eigenvalue weighted by atomic mass is 32.2. The quantitative estimate of drug-likeness (QED) is 0.698. The van der Waals surface area contributed by atoms with Crippen LogP contribution in [0.25, 0.3) is 0 Å². The molecule has 2 heterocycles. The summed E-state index contributed by atoms with van der Waals surface area (Å²) in [5.74, 6) is -2.96. The molecule has 2 saturated heterocycles. The first-order chi connectivity index (χ1) is 13.8. The lowest BCUT2D eigenvalue weighted by molar-refractivity contribution is -0.192. The van der Waals surface area contributed by atoms with Gasteiger partial charge >= 0.3 is 12.1 Å². The van der Waals surface area contributed by atoms with Gasteiger partial charge in [-0.15, -0.1) is 0 Å². The van der Waals surface area contributed by atoms with Crippen LogP contribution in [0.5, 0.6) is 0 Å². The van der Waals surface area contributed by atoms with Crippen LogP contribution in [-0.4, -0.2) is 81.8 Å². The fourth-order valence-electron chi connectivity index (χ4n) is 4.03. The number of alkyl halides is 3. The number of methoxy groups -OCH3 is 1. The van der Waals surface area contributed by atoms with Gasteiger partial charge < -0.3 is 14.7 Å². The van der Waals surface area contributed by atoms with E-state index in [1.54, 1.807) is 7.11 Å². The molecule has 3 rings (SSSR count). The Hall–Kier alpha value is -1.76. The van der Waals surface area contributed by atoms with Crippen molar-refractivity contribution < 1.29 is 40.6 Å². The van der Waals surface area contributed by atoms with Crippen LogP contribution in [-0.2, 0) is 19.6 Å². The Balaban J connectivity index is 0.000000396. The molecule has 1 N–H and O–H groups in total. The molecular formula is C18H24F4N2O5S. The Morgan fingerprint density at radius 1 is 1.33 bits per heavy atom. The Bertz CT molecular complexity index is 864. The van der Waals surface area contributed by atoms with E-state index in [0.29, 0.717) is 25.6 Å². The molecule has 2 aliphatic rings. The maximum atomic E-state index is 13.4. The zero-order valence-corrected chi connectivity index (χ0v) is 17.3. The van der Waals surface area contributed by atoms with E-state index in [1.165, 1.54) is 22.5 Å². The molecule has 1 aromatic rings. The first kappa shape index (κ1) is 24.5. The minimum Gasteiger partial charge on any atom is -0.475 e. The molecule has 7 nitrogen and oxygen atoms in total. The Morgan fingerprint density at radius 3 is 2.50 bits per heavy atom. The fourth-order valence-corrected chi connectivity index (χ4v) is 5.60. The average Bonchev–Trinajstić information content (AvgIpc) is 3.19. The number of benzene rings is 1. The van der Waals surface area contributed by atoms with Crippen molar-refractivity contribution in [1.82, 2.24) is 9.21 Å². The second-order valence-corrected chi connectivity index (χ2v) is 9.50. The number of nitrogens with zero attached hydrogens (tertiary/aromatic N) is 2. The summed E-state index contributed by atoms with van der Waals surface area (Å²) in [6.45, 7) is 3.38. The third kappa shape index (κ3) is 5.48. The molecule has 0 radical (unpaired) electrons. The van der Waals surface area contributed by atoms with Crippen LogP contribution in [0.4, 0.5) is 17.6 Å². The fraction of sp³-hybridized carbons (Fsp3) is 0.611. The lowest BCUT2D eigenvalue weighted by Gasteiger charge is -2.30. The number of halogens is 4. The van der Waals surface area contributed by atoms with Crippen molar-refractivity contribution in [3.8, 4) is 0 Å². The highest BCUT2D eigenvalue weighted by molar-refractivity contribution is 7.89. The van der Waals surface area contributed by atoms with Gasteiger partial charge in [0.15, 0.2) is 0 Å². The Morgan fingerprint density at radius 2 is 1.97 bits per heavy atom. The summed E-state index contributed by atoms with van der Waals surface area (Å²) in [6, 6.07) is 5.24. The molecule has 170 valence electrons. The van der Waals surface area contributed by atoms with Crippen molar-refractivity contribution in [2.24, 2.45) is 11.3 Å². The molecule has 2 atom stereocenters. The average molecular weight is 456 g/mol. The Labute approximate surface area is 172 Å². The first-order valence-electron chi connectivity index (χ1n) is 9.05. The van der Waals surface area contributed by atoms with Crippen molar-refractivity contribution in [3.05, 3.63) is 30.1 Å². The number of ether oxygens (including phenoxy) is 1. The second-order valence-electron chi connectivity index (χ2n) is 7.56. The Kier molecular flexibility index (Phi) is 7.49. The van der Waals surface area contributed by atoms with Crippen LogP contribution >= 0.6 is 0 Å². The molecule has 0 bridgehead atoms. The molecule has 2 fully saturated rings. The SMILES string of the molecule is COC[C@H]1CN(C)C[C@@]12CCN(S(=O)(=O)c1cccc(F)c1)C2.O=C(O)C(F)(F)F. The smallest absolute Gasteiger partial charge is 0.475 e. The summed E-state index contributed by atoms with van der Waals surface area (Å²) in [5, 5.41) is 7.12. The molecule has 30 heavy (non-hydrogen) atoms. The van der Waals surface area contributed by atoms with E-state index in [2.05, 4.69) is 11.9 Å². The van der Waals surface area contributed by atoms with Gasteiger partial charge in [-0.2, -0.15) is 17.5 Å². The van der Waals surface area contributed by atoms with Gasteiger partial charge in [-0.3, -0.25) is 0 Å². The number of carboxylic acids is 1. The van der Waals surface area contributed by atoms with Crippen LogP contribution in [0.3, 0.4) is 0 Å². The summed E-state index contributed by atoms with van der Waals surface area (Å²) in [5.41, 5.74) is -0.0643. The number of sulfonamides is 1. The van der Waals surface area contributed by atoms with Gasteiger partial charge in [0, 0.05) is 44.6 Å². The van der Waals surface area contributed by atoms with Crippen molar-refractivity contribution in [2.75, 3.05) is 46.9 Å². The van der Waals surface area contributed by atoms with E-state index >= 15 is 0 Å². The largest absolute Gasteiger partial charge is 0.490 e. The summed E-state index contributed by atoms with van der Waals surface area (Å²) >= 11 is 0. The van der Waals surface area contributed by atoms with E-state index < -0.39 is 28.0 Å². The van der Waals surface area contributed by atoms with Gasteiger partial charge in [-0.1, -0.05) is 6.07 Å². The zero-order valence-electron chi connectivity index (χ0n) is 16.5. The van der Waals surface area contributed by atoms with E-state index in [4.69, 9.17) is 14.6 Å². The van der Waals surface area contributed by atoms with E-state index in [0.717, 1.165) is 25.6 Å². The van der Waals surface area contributed by atoms with Crippen molar-refractivity contribution >= 4 is 16.0 Å². The first-order valence-corrected chi connectivity index (χ1v) is 10.5. The van der Waals surface area contributed by atoms with Crippen molar-refractivity contribution in [1.29, 1.82) is 0 Å². The number of aliphatic carboxylic acids is 1. The number of carboxylic acid groups (broad SMARTS) is 1. The predicted molar refractivity (Wildman–Crippen MR) is 98.8 cm³/mol. The molecule has 0 saturated carbocycles. The van der Waals surface area contributed by atoms with Gasteiger partial charge in [0.05, 0.1) is 11.5 Å². The zero-order chi connectivity index (χ0) is 22.7. The van der Waals surface area contributed by atoms with Crippen LogP contribution < -0.4 is 0 Å². The van der Waals surface area contributed by atoms with Crippen LogP contribution in [0, 0.1) is 17.2 Å². The number of carbonyl (C=O) groups is 1. The normalized spacial score (nSPS) is 25.3. The number of rotatable bonds is 4. The topological polar surface area (TPSA) is 87.2 Å². The highest BCUT2D eigenvalue weighted by Crippen LogP contribution is 2.44. The monoisotopic (exact) mass is 456 g/mol. The van der Waals surface area contributed by atoms with Gasteiger partial charge in [0.1, 0.15) is 5.82 Å². The highest BCUT2D eigenvalue weighted by Gasteiger charge is 2.51. The lowest BCUT2D eigenvalue weighted by atomic mass is 9.78. The molecule has 0 unspecified atom stereocenters. The molecule has 0 aliphatic carbocycles. The molecule has 0 aromatic heterocycles. The van der Waals surface area contributed by atoms with Crippen LogP contribution in [0.1, 0.15) is 6.42 Å². The van der Waals surface area contributed by atoms with Gasteiger partial charge in [-0.25, -0.2) is 17.6 Å². The van der Waals surface area contributed by atoms with Crippen LogP contribution in [0.2, 0.25) is 0 Å². The molecule has 1 aromatic carbocycles. The van der Waals surface area contributed by atoms with E-state index in [1.807, 2.05) is 0 Å². The maximum Gasteiger partial charge on any atom is 0.490 e. The predicted octanol–water partition coefficient (Wildman–Crippen LogP) is 2.05. The summed E-state index contributed by atoms with van der Waals surface area (Å²) < 4.78 is 77.5. The third-order valence-electron chi connectivity index (χ3n) is 5.38. The molecule has 12 heteroatoms. The lowest BCUT2D eigenvalue weighted by Crippen LogP contribution is -2.38. The van der Waals surface area contributed by atoms with Gasteiger partial charge in [-0.05, 0) is 31.7 Å². The number of likely N-dealkylation sites (tertiary alicyclic amines) is 1. The summed E-state index contributed by atoms with van der Waals surface area (Å²) in [7, 11) is 0.0930. The third-order valence-corrected chi connectivity index (χ3v) is 7.22. The van der Waals surface area contributed by atoms with E-state index in [9.17, 15) is 26.0 Å². The summed E-state index contributed by atoms with van der Waals surface area (Å²) in [4.78, 5) is 11.2. The number of hydrogen-bond donors (Lipinski definition) is 1. The van der Waals surface area contributed by atoms with Gasteiger partial charge in [0.25, 0.3) is 0 Å². The van der Waals surface area contributed by atoms with Gasteiger partial charge in [0.2, 0.25) is 10.0 Å². The maximum absolute atomic E-state index is 13.4. The minimum atomic E-state index is -5.08. The van der Waals surface area contributed by atoms with Crippen molar-refractivity contribution in [2.45, 2.75) is 17.5 Å². The van der Waals surface area contributed by atoms with Crippen LogP contribution in [0.15, 0.2) is 29.2 Å². The van der Waals surface area contributed by atoms with Crippen molar-refractivity contribution in [3.63, 3.8) is 0 Å². The molecule has 0 amide bonds.